The third-order valence-corrected chi connectivity index (χ3v) is 5.77. The van der Waals surface area contributed by atoms with Crippen molar-refractivity contribution in [3.8, 4) is 0 Å². The first-order valence-corrected chi connectivity index (χ1v) is 8.36. The van der Waals surface area contributed by atoms with Crippen molar-refractivity contribution in [2.75, 3.05) is 45.2 Å². The molecule has 9 nitrogen and oxygen atoms in total. The Hall–Kier alpha value is -1.78. The minimum atomic E-state index is -3.35. The van der Waals surface area contributed by atoms with Gasteiger partial charge < -0.3 is 4.90 Å². The maximum absolute atomic E-state index is 12.1. The van der Waals surface area contributed by atoms with E-state index in [1.807, 2.05) is 7.05 Å². The van der Waals surface area contributed by atoms with Gasteiger partial charge in [0.05, 0.1) is 11.6 Å². The summed E-state index contributed by atoms with van der Waals surface area (Å²) in [6.45, 7) is 2.06. The number of nitrogens with zero attached hydrogens (tertiary/aromatic N) is 7. The molecule has 1 aliphatic rings. The second-order valence-corrected chi connectivity index (χ2v) is 7.52. The molecule has 0 spiro atoms. The molecule has 0 aromatic carbocycles. The molecule has 10 heteroatoms. The Balaban J connectivity index is 1.82. The van der Waals surface area contributed by atoms with Gasteiger partial charge in [-0.2, -0.15) is 22.1 Å². The van der Waals surface area contributed by atoms with Gasteiger partial charge in [-0.15, -0.1) is 0 Å². The predicted molar refractivity (Wildman–Crippen MR) is 82.7 cm³/mol. The number of piperazine rings is 1. The largest absolute Gasteiger partial charge is 0.353 e. The minimum absolute atomic E-state index is 0.437. The van der Waals surface area contributed by atoms with Crippen LogP contribution in [0.15, 0.2) is 12.5 Å². The molecule has 1 aliphatic heterocycles. The zero-order chi connectivity index (χ0) is 15.9. The maximum Gasteiger partial charge on any atom is 0.281 e. The molecular formula is C12H19N7O2S. The van der Waals surface area contributed by atoms with Crippen LogP contribution in [0.5, 0.6) is 0 Å². The summed E-state index contributed by atoms with van der Waals surface area (Å²) in [5, 5.41) is 5.09. The smallest absolute Gasteiger partial charge is 0.281 e. The second-order valence-electron chi connectivity index (χ2n) is 5.38. The molecule has 0 bridgehead atoms. The van der Waals surface area contributed by atoms with Crippen LogP contribution in [0.2, 0.25) is 0 Å². The molecule has 1 saturated heterocycles. The Morgan fingerprint density at radius 1 is 1.14 bits per heavy atom. The summed E-state index contributed by atoms with van der Waals surface area (Å²) in [6.07, 6.45) is 3.26. The SMILES string of the molecule is CN(C)S(=O)(=O)N1CCN(c2ncnc3c2cnn3C)CC1. The van der Waals surface area contributed by atoms with Gasteiger partial charge in [-0.3, -0.25) is 4.68 Å². The third-order valence-electron chi connectivity index (χ3n) is 3.83. The highest BCUT2D eigenvalue weighted by atomic mass is 32.2. The lowest BCUT2D eigenvalue weighted by Gasteiger charge is -2.35. The topological polar surface area (TPSA) is 87.5 Å². The van der Waals surface area contributed by atoms with Crippen LogP contribution in [-0.2, 0) is 17.3 Å². The van der Waals surface area contributed by atoms with Gasteiger partial charge in [0, 0.05) is 47.3 Å². The summed E-state index contributed by atoms with van der Waals surface area (Å²) in [5.41, 5.74) is 0.772. The number of rotatable bonds is 3. The van der Waals surface area contributed by atoms with Gasteiger partial charge in [-0.25, -0.2) is 9.97 Å². The van der Waals surface area contributed by atoms with Crippen molar-refractivity contribution in [2.24, 2.45) is 7.05 Å². The van der Waals surface area contributed by atoms with Crippen molar-refractivity contribution >= 4 is 27.1 Å². The van der Waals surface area contributed by atoms with E-state index in [0.29, 0.717) is 26.2 Å². The number of aryl methyl sites for hydroxylation is 1. The molecule has 0 saturated carbocycles. The molecule has 120 valence electrons. The van der Waals surface area contributed by atoms with E-state index >= 15 is 0 Å². The van der Waals surface area contributed by atoms with Crippen LogP contribution in [-0.4, -0.2) is 77.1 Å². The zero-order valence-electron chi connectivity index (χ0n) is 12.8. The maximum atomic E-state index is 12.1. The number of aromatic nitrogens is 4. The van der Waals surface area contributed by atoms with Crippen LogP contribution in [0.3, 0.4) is 0 Å². The first-order valence-electron chi connectivity index (χ1n) is 6.96. The molecule has 0 N–H and O–H groups in total. The highest BCUT2D eigenvalue weighted by molar-refractivity contribution is 7.86. The molecule has 0 atom stereocenters. The number of anilines is 1. The van der Waals surface area contributed by atoms with Crippen molar-refractivity contribution < 1.29 is 8.42 Å². The van der Waals surface area contributed by atoms with Gasteiger partial charge in [-0.05, 0) is 0 Å². The Bertz CT molecular complexity index is 778. The van der Waals surface area contributed by atoms with E-state index in [0.717, 1.165) is 16.9 Å². The summed E-state index contributed by atoms with van der Waals surface area (Å²) in [6, 6.07) is 0. The van der Waals surface area contributed by atoms with E-state index in [4.69, 9.17) is 0 Å². The Morgan fingerprint density at radius 2 is 1.82 bits per heavy atom. The van der Waals surface area contributed by atoms with Crippen LogP contribution in [0.25, 0.3) is 11.0 Å². The molecule has 3 rings (SSSR count). The molecule has 2 aromatic rings. The monoisotopic (exact) mass is 325 g/mol. The fourth-order valence-corrected chi connectivity index (χ4v) is 3.65. The fraction of sp³-hybridized carbons (Fsp3) is 0.583. The van der Waals surface area contributed by atoms with Crippen molar-refractivity contribution in [3.05, 3.63) is 12.5 Å². The molecule has 3 heterocycles. The zero-order valence-corrected chi connectivity index (χ0v) is 13.7. The van der Waals surface area contributed by atoms with Gasteiger partial charge in [0.15, 0.2) is 5.65 Å². The normalized spacial score (nSPS) is 17.5. The fourth-order valence-electron chi connectivity index (χ4n) is 2.56. The van der Waals surface area contributed by atoms with Crippen molar-refractivity contribution in [3.63, 3.8) is 0 Å². The Labute approximate surface area is 129 Å². The van der Waals surface area contributed by atoms with Gasteiger partial charge >= 0.3 is 0 Å². The highest BCUT2D eigenvalue weighted by Gasteiger charge is 2.29. The first kappa shape index (κ1) is 15.1. The minimum Gasteiger partial charge on any atom is -0.353 e. The van der Waals surface area contributed by atoms with Crippen LogP contribution >= 0.6 is 0 Å². The lowest BCUT2D eigenvalue weighted by atomic mass is 10.3. The number of fused-ring (bicyclic) bond motifs is 1. The second kappa shape index (κ2) is 5.45. The molecule has 2 aromatic heterocycles. The molecule has 0 aliphatic carbocycles. The molecular weight excluding hydrogens is 306 g/mol. The van der Waals surface area contributed by atoms with E-state index < -0.39 is 10.2 Å². The quantitative estimate of drug-likeness (QED) is 0.741. The highest BCUT2D eigenvalue weighted by Crippen LogP contribution is 2.23. The number of hydrogen-bond acceptors (Lipinski definition) is 6. The van der Waals surface area contributed by atoms with Crippen molar-refractivity contribution in [1.29, 1.82) is 0 Å². The molecule has 0 unspecified atom stereocenters. The van der Waals surface area contributed by atoms with E-state index in [9.17, 15) is 8.42 Å². The third kappa shape index (κ3) is 2.42. The first-order chi connectivity index (χ1) is 10.4. The van der Waals surface area contributed by atoms with E-state index in [1.54, 1.807) is 25.0 Å². The van der Waals surface area contributed by atoms with Crippen LogP contribution in [0.4, 0.5) is 5.82 Å². The van der Waals surface area contributed by atoms with Crippen molar-refractivity contribution in [1.82, 2.24) is 28.4 Å². The number of hydrogen-bond donors (Lipinski definition) is 0. The summed E-state index contributed by atoms with van der Waals surface area (Å²) in [4.78, 5) is 10.6. The van der Waals surface area contributed by atoms with Gasteiger partial charge in [0.25, 0.3) is 10.2 Å². The summed E-state index contributed by atoms with van der Waals surface area (Å²) in [5.74, 6) is 0.806. The molecule has 22 heavy (non-hydrogen) atoms. The summed E-state index contributed by atoms with van der Waals surface area (Å²) >= 11 is 0. The lowest BCUT2D eigenvalue weighted by Crippen LogP contribution is -2.51. The van der Waals surface area contributed by atoms with E-state index in [2.05, 4.69) is 20.0 Å². The van der Waals surface area contributed by atoms with Crippen LogP contribution < -0.4 is 4.90 Å². The van der Waals surface area contributed by atoms with Crippen LogP contribution in [0, 0.1) is 0 Å². The van der Waals surface area contributed by atoms with E-state index in [-0.39, 0.29) is 0 Å². The van der Waals surface area contributed by atoms with Crippen molar-refractivity contribution in [2.45, 2.75) is 0 Å². The molecule has 0 amide bonds. The summed E-state index contributed by atoms with van der Waals surface area (Å²) < 4.78 is 28.7. The molecule has 0 radical (unpaired) electrons. The van der Waals surface area contributed by atoms with E-state index in [1.165, 1.54) is 14.9 Å². The molecule has 1 fully saturated rings. The van der Waals surface area contributed by atoms with Gasteiger partial charge in [0.1, 0.15) is 12.1 Å². The average molecular weight is 325 g/mol. The van der Waals surface area contributed by atoms with Crippen LogP contribution in [0.1, 0.15) is 0 Å². The van der Waals surface area contributed by atoms with Gasteiger partial charge in [0.2, 0.25) is 0 Å². The van der Waals surface area contributed by atoms with Gasteiger partial charge in [-0.1, -0.05) is 0 Å². The average Bonchev–Trinajstić information content (AvgIpc) is 2.89. The Morgan fingerprint density at radius 3 is 2.45 bits per heavy atom. The standard InChI is InChI=1S/C12H19N7O2S/c1-16(2)22(20,21)19-6-4-18(5-7-19)12-10-8-15-17(3)11(10)13-9-14-12/h8-9H,4-7H2,1-3H3. The predicted octanol–water partition coefficient (Wildman–Crippen LogP) is -0.708. The lowest BCUT2D eigenvalue weighted by molar-refractivity contribution is 0.355. The summed E-state index contributed by atoms with van der Waals surface area (Å²) in [7, 11) is 1.57. The Kier molecular flexibility index (Phi) is 3.75.